The second-order valence-electron chi connectivity index (χ2n) is 12.8. The third-order valence-corrected chi connectivity index (χ3v) is 8.31. The van der Waals surface area contributed by atoms with Crippen LogP contribution in [0.4, 0.5) is 24.5 Å². The molecule has 1 aliphatic rings. The molecule has 0 unspecified atom stereocenters. The molecule has 0 bridgehead atoms. The van der Waals surface area contributed by atoms with E-state index in [-0.39, 0.29) is 29.5 Å². The van der Waals surface area contributed by atoms with E-state index in [0.717, 1.165) is 26.9 Å². The molecule has 2 aromatic carbocycles. The molecular weight excluding hydrogens is 593 g/mol. The maximum atomic E-state index is 14.0. The van der Waals surface area contributed by atoms with Crippen LogP contribution in [-0.2, 0) is 5.54 Å². The minimum Gasteiger partial charge on any atom is -0.383 e. The first kappa shape index (κ1) is 30.6. The van der Waals surface area contributed by atoms with E-state index < -0.39 is 17.8 Å². The number of benzene rings is 2. The van der Waals surface area contributed by atoms with Crippen molar-refractivity contribution in [3.05, 3.63) is 83.1 Å². The molecular formula is C33H31F3N10. The Hall–Kier alpha value is -5.43. The zero-order valence-electron chi connectivity index (χ0n) is 25.7. The molecule has 0 radical (unpaired) electrons. The average Bonchev–Trinajstić information content (AvgIpc) is 3.41. The normalized spacial score (nSPS) is 14.8. The van der Waals surface area contributed by atoms with Crippen molar-refractivity contribution < 1.29 is 13.2 Å². The summed E-state index contributed by atoms with van der Waals surface area (Å²) in [4.78, 5) is 4.43. The Morgan fingerprint density at radius 1 is 1.09 bits per heavy atom. The maximum Gasteiger partial charge on any atom is 0.413 e. The number of halogens is 3. The fourth-order valence-electron chi connectivity index (χ4n) is 5.63. The van der Waals surface area contributed by atoms with Crippen molar-refractivity contribution in [3.63, 3.8) is 0 Å². The van der Waals surface area contributed by atoms with Gasteiger partial charge in [0.15, 0.2) is 5.54 Å². The molecule has 1 saturated carbocycles. The minimum absolute atomic E-state index is 0.0683. The lowest BCUT2D eigenvalue weighted by atomic mass is 9.92. The number of aromatic amines is 1. The Bertz CT molecular complexity index is 2000. The lowest BCUT2D eigenvalue weighted by Crippen LogP contribution is -2.35. The summed E-state index contributed by atoms with van der Waals surface area (Å²) < 4.78 is 43.0. The van der Waals surface area contributed by atoms with Crippen LogP contribution < -0.4 is 10.6 Å². The largest absolute Gasteiger partial charge is 0.413 e. The van der Waals surface area contributed by atoms with Crippen molar-refractivity contribution in [2.75, 3.05) is 17.2 Å². The van der Waals surface area contributed by atoms with Crippen molar-refractivity contribution in [3.8, 4) is 23.3 Å². The molecule has 0 saturated heterocycles. The number of alkyl halides is 3. The molecule has 1 fully saturated rings. The van der Waals surface area contributed by atoms with Gasteiger partial charge in [-0.25, -0.2) is 4.68 Å². The Morgan fingerprint density at radius 3 is 2.48 bits per heavy atom. The lowest BCUT2D eigenvalue weighted by molar-refractivity contribution is -0.182. The van der Waals surface area contributed by atoms with Crippen LogP contribution in [0.5, 0.6) is 0 Å². The summed E-state index contributed by atoms with van der Waals surface area (Å²) in [5.74, 6) is 0. The molecule has 5 aromatic rings. The molecule has 3 heterocycles. The highest BCUT2D eigenvalue weighted by Crippen LogP contribution is 2.55. The van der Waals surface area contributed by atoms with Crippen molar-refractivity contribution in [1.29, 1.82) is 10.5 Å². The van der Waals surface area contributed by atoms with Gasteiger partial charge in [-0.3, -0.25) is 10.1 Å². The number of aromatic nitrogens is 6. The number of pyridine rings is 1. The number of H-pyrrole nitrogens is 1. The average molecular weight is 625 g/mol. The summed E-state index contributed by atoms with van der Waals surface area (Å²) in [7, 11) is 0. The number of hydrogen-bond acceptors (Lipinski definition) is 8. The Kier molecular flexibility index (Phi) is 7.43. The number of nitrogens with zero attached hydrogens (tertiary/aromatic N) is 7. The number of anilines is 2. The van der Waals surface area contributed by atoms with Gasteiger partial charge in [0.1, 0.15) is 17.8 Å². The van der Waals surface area contributed by atoms with E-state index in [0.29, 0.717) is 34.4 Å². The predicted octanol–water partition coefficient (Wildman–Crippen LogP) is 6.98. The predicted molar refractivity (Wildman–Crippen MR) is 167 cm³/mol. The van der Waals surface area contributed by atoms with Gasteiger partial charge in [-0.1, -0.05) is 44.2 Å². The van der Waals surface area contributed by atoms with Crippen molar-refractivity contribution in [1.82, 2.24) is 30.2 Å². The van der Waals surface area contributed by atoms with E-state index >= 15 is 0 Å². The molecule has 0 amide bonds. The molecule has 0 spiro atoms. The van der Waals surface area contributed by atoms with E-state index in [4.69, 9.17) is 0 Å². The zero-order valence-corrected chi connectivity index (χ0v) is 25.7. The van der Waals surface area contributed by atoms with Gasteiger partial charge in [0.25, 0.3) is 0 Å². The SMILES string of the molecule is Cc1c(-c2cn[nH]c2)cccc1[C@H](Nc1cc(C#N)c2ncc(C#N)c(NCC(C)(C)C)c2c1)c1cn(C2(C(F)(F)F)CC2)nn1. The summed E-state index contributed by atoms with van der Waals surface area (Å²) >= 11 is 0. The van der Waals surface area contributed by atoms with Crippen LogP contribution in [0.3, 0.4) is 0 Å². The second kappa shape index (κ2) is 11.2. The topological polar surface area (TPSA) is 144 Å². The van der Waals surface area contributed by atoms with Gasteiger partial charge in [-0.15, -0.1) is 5.10 Å². The molecule has 0 aliphatic heterocycles. The smallest absolute Gasteiger partial charge is 0.383 e. The van der Waals surface area contributed by atoms with Crippen molar-refractivity contribution in [2.45, 2.75) is 58.3 Å². The summed E-state index contributed by atoms with van der Waals surface area (Å²) in [6.45, 7) is 8.66. The fourth-order valence-corrected chi connectivity index (χ4v) is 5.63. The van der Waals surface area contributed by atoms with Gasteiger partial charge in [-0.05, 0) is 54.0 Å². The molecule has 13 heteroatoms. The van der Waals surface area contributed by atoms with E-state index in [1.807, 2.05) is 25.1 Å². The Labute approximate surface area is 263 Å². The third kappa shape index (κ3) is 5.49. The lowest BCUT2D eigenvalue weighted by Gasteiger charge is -2.24. The molecule has 1 aliphatic carbocycles. The first-order chi connectivity index (χ1) is 21.8. The summed E-state index contributed by atoms with van der Waals surface area (Å²) in [6, 6.07) is 12.7. The Morgan fingerprint density at radius 2 is 1.85 bits per heavy atom. The number of nitriles is 2. The van der Waals surface area contributed by atoms with Crippen LogP contribution in [-0.4, -0.2) is 42.9 Å². The van der Waals surface area contributed by atoms with Gasteiger partial charge >= 0.3 is 6.18 Å². The van der Waals surface area contributed by atoms with Crippen LogP contribution in [0.25, 0.3) is 22.0 Å². The van der Waals surface area contributed by atoms with E-state index in [1.54, 1.807) is 24.5 Å². The van der Waals surface area contributed by atoms with Crippen LogP contribution in [0.15, 0.2) is 55.1 Å². The fraction of sp³-hybridized carbons (Fsp3) is 0.333. The van der Waals surface area contributed by atoms with E-state index in [2.05, 4.69) is 69.0 Å². The van der Waals surface area contributed by atoms with Gasteiger partial charge in [-0.2, -0.15) is 28.8 Å². The number of hydrogen-bond donors (Lipinski definition) is 3. The first-order valence-electron chi connectivity index (χ1n) is 14.7. The highest BCUT2D eigenvalue weighted by atomic mass is 19.4. The second-order valence-corrected chi connectivity index (χ2v) is 12.8. The van der Waals surface area contributed by atoms with Crippen LogP contribution in [0.1, 0.15) is 67.6 Å². The standard InChI is InChI=1S/C33H31F3N10/c1-19-24(22-15-41-42-16-22)6-5-7-25(19)30(27-17-46(45-44-27)32(8-9-32)33(34,35)36)43-23-10-20(12-37)28-26(11-23)29(21(13-38)14-39-28)40-18-31(2,3)4/h5-7,10-11,14-17,30,43H,8-9,18H2,1-4H3,(H,39,40)(H,41,42)/t30-/m0/s1. The molecule has 234 valence electrons. The quantitative estimate of drug-likeness (QED) is 0.168. The maximum absolute atomic E-state index is 14.0. The van der Waals surface area contributed by atoms with Crippen LogP contribution in [0, 0.1) is 35.0 Å². The summed E-state index contributed by atoms with van der Waals surface area (Å²) in [5.41, 5.74) is 3.47. The highest BCUT2D eigenvalue weighted by molar-refractivity contribution is 5.99. The van der Waals surface area contributed by atoms with Gasteiger partial charge in [0.2, 0.25) is 0 Å². The Balaban J connectivity index is 1.50. The van der Waals surface area contributed by atoms with Gasteiger partial charge < -0.3 is 10.6 Å². The first-order valence-corrected chi connectivity index (χ1v) is 14.7. The third-order valence-electron chi connectivity index (χ3n) is 8.31. The van der Waals surface area contributed by atoms with Gasteiger partial charge in [0.05, 0.1) is 40.8 Å². The van der Waals surface area contributed by atoms with Crippen LogP contribution in [0.2, 0.25) is 0 Å². The summed E-state index contributed by atoms with van der Waals surface area (Å²) in [5, 5.41) is 42.5. The van der Waals surface area contributed by atoms with E-state index in [1.165, 1.54) is 12.4 Å². The van der Waals surface area contributed by atoms with Crippen LogP contribution >= 0.6 is 0 Å². The van der Waals surface area contributed by atoms with Crippen molar-refractivity contribution >= 4 is 22.3 Å². The minimum atomic E-state index is -4.47. The molecule has 10 nitrogen and oxygen atoms in total. The molecule has 46 heavy (non-hydrogen) atoms. The molecule has 1 atom stereocenters. The molecule has 3 aromatic heterocycles. The van der Waals surface area contributed by atoms with Crippen molar-refractivity contribution in [2.24, 2.45) is 5.41 Å². The number of nitrogens with one attached hydrogen (secondary N) is 3. The summed E-state index contributed by atoms with van der Waals surface area (Å²) in [6.07, 6.45) is 1.64. The monoisotopic (exact) mass is 624 g/mol. The van der Waals surface area contributed by atoms with E-state index in [9.17, 15) is 23.7 Å². The van der Waals surface area contributed by atoms with Gasteiger partial charge in [0, 0.05) is 35.6 Å². The highest BCUT2D eigenvalue weighted by Gasteiger charge is 2.66. The molecule has 6 rings (SSSR count). The zero-order chi connectivity index (χ0) is 32.9. The number of rotatable bonds is 8. The number of fused-ring (bicyclic) bond motifs is 1. The molecule has 3 N–H and O–H groups in total.